The fourth-order valence-corrected chi connectivity index (χ4v) is 3.06. The molecule has 2 heterocycles. The summed E-state index contributed by atoms with van der Waals surface area (Å²) in [5.41, 5.74) is 3.55. The third-order valence-electron chi connectivity index (χ3n) is 4.61. The predicted octanol–water partition coefficient (Wildman–Crippen LogP) is 3.26. The zero-order valence-electron chi connectivity index (χ0n) is 15.4. The van der Waals surface area contributed by atoms with Crippen LogP contribution in [0.3, 0.4) is 0 Å². The van der Waals surface area contributed by atoms with Gasteiger partial charge in [0.2, 0.25) is 0 Å². The number of aromatic carboxylic acids is 1. The second-order valence-electron chi connectivity index (χ2n) is 6.58. The number of rotatable bonds is 3. The monoisotopic (exact) mass is 383 g/mol. The van der Waals surface area contributed by atoms with Gasteiger partial charge >= 0.3 is 5.97 Å². The molecule has 0 bridgehead atoms. The lowest BCUT2D eigenvalue weighted by Crippen LogP contribution is -2.27. The van der Waals surface area contributed by atoms with E-state index in [0.717, 1.165) is 16.7 Å². The molecular weight excluding hydrogens is 366 g/mol. The van der Waals surface area contributed by atoms with Crippen molar-refractivity contribution < 1.29 is 14.7 Å². The Morgan fingerprint density at radius 1 is 1.10 bits per heavy atom. The minimum Gasteiger partial charge on any atom is -0.478 e. The van der Waals surface area contributed by atoms with Crippen LogP contribution in [-0.2, 0) is 13.1 Å². The summed E-state index contributed by atoms with van der Waals surface area (Å²) in [7, 11) is 0. The summed E-state index contributed by atoms with van der Waals surface area (Å²) < 4.78 is 1.89. The highest BCUT2D eigenvalue weighted by Crippen LogP contribution is 2.22. The molecule has 2 aromatic carbocycles. The normalized spacial score (nSPS) is 12.1. The highest BCUT2D eigenvalue weighted by Gasteiger charge is 2.19. The molecule has 142 valence electrons. The quantitative estimate of drug-likeness (QED) is 0.705. The van der Waals surface area contributed by atoms with Crippen LogP contribution in [0.25, 0.3) is 6.08 Å². The average Bonchev–Trinajstić information content (AvgIpc) is 3.26. The summed E-state index contributed by atoms with van der Waals surface area (Å²) in [6.07, 6.45) is 8.94. The second kappa shape index (κ2) is 7.87. The first kappa shape index (κ1) is 18.3. The third-order valence-corrected chi connectivity index (χ3v) is 4.61. The Balaban J connectivity index is 1.49. The van der Waals surface area contributed by atoms with Crippen LogP contribution < -0.4 is 0 Å². The Morgan fingerprint density at radius 2 is 1.90 bits per heavy atom. The number of carbonyl (C=O) groups excluding carboxylic acids is 1. The Morgan fingerprint density at radius 3 is 2.62 bits per heavy atom. The smallest absolute Gasteiger partial charge is 0.335 e. The zero-order chi connectivity index (χ0) is 20.2. The lowest BCUT2D eigenvalue weighted by molar-refractivity contribution is 0.0695. The van der Waals surface area contributed by atoms with E-state index in [1.807, 2.05) is 35.0 Å². The molecule has 4 rings (SSSR count). The lowest BCUT2D eigenvalue weighted by atomic mass is 10.0. The molecule has 0 aliphatic carbocycles. The van der Waals surface area contributed by atoms with Gasteiger partial charge in [0.1, 0.15) is 0 Å². The van der Waals surface area contributed by atoms with Gasteiger partial charge in [0, 0.05) is 29.7 Å². The molecule has 0 saturated carbocycles. The van der Waals surface area contributed by atoms with Crippen molar-refractivity contribution in [3.8, 4) is 11.8 Å². The van der Waals surface area contributed by atoms with Crippen molar-refractivity contribution in [3.05, 3.63) is 95.2 Å². The van der Waals surface area contributed by atoms with Gasteiger partial charge in [0.25, 0.3) is 5.91 Å². The molecule has 0 fully saturated rings. The zero-order valence-corrected chi connectivity index (χ0v) is 15.4. The number of nitrogens with zero attached hydrogens (tertiary/aromatic N) is 3. The molecular formula is C23H17N3O3. The first-order valence-electron chi connectivity index (χ1n) is 9.00. The first-order valence-corrected chi connectivity index (χ1v) is 9.00. The summed E-state index contributed by atoms with van der Waals surface area (Å²) in [5.74, 6) is 5.06. The summed E-state index contributed by atoms with van der Waals surface area (Å²) in [6.45, 7) is 0.996. The number of hydrogen-bond acceptors (Lipinski definition) is 3. The molecule has 6 heteroatoms. The minimum atomic E-state index is -1.02. The number of hydrogen-bond donors (Lipinski definition) is 1. The average molecular weight is 383 g/mol. The van der Waals surface area contributed by atoms with Crippen molar-refractivity contribution in [1.29, 1.82) is 0 Å². The number of carbonyl (C=O) groups is 2. The van der Waals surface area contributed by atoms with E-state index in [1.54, 1.807) is 23.6 Å². The molecule has 1 aromatic heterocycles. The van der Waals surface area contributed by atoms with Crippen LogP contribution in [0.5, 0.6) is 0 Å². The highest BCUT2D eigenvalue weighted by atomic mass is 16.4. The topological polar surface area (TPSA) is 75.4 Å². The van der Waals surface area contributed by atoms with Gasteiger partial charge in [-0.2, -0.15) is 0 Å². The summed E-state index contributed by atoms with van der Waals surface area (Å²) in [6, 6.07) is 11.9. The van der Waals surface area contributed by atoms with Gasteiger partial charge in [-0.25, -0.2) is 9.78 Å². The van der Waals surface area contributed by atoms with E-state index >= 15 is 0 Å². The van der Waals surface area contributed by atoms with Crippen LogP contribution in [0.1, 0.15) is 37.4 Å². The van der Waals surface area contributed by atoms with Crippen molar-refractivity contribution in [2.45, 2.75) is 13.1 Å². The van der Waals surface area contributed by atoms with Gasteiger partial charge in [-0.3, -0.25) is 4.79 Å². The van der Waals surface area contributed by atoms with E-state index in [1.165, 1.54) is 24.3 Å². The van der Waals surface area contributed by atoms with E-state index in [9.17, 15) is 9.59 Å². The van der Waals surface area contributed by atoms with Crippen molar-refractivity contribution in [1.82, 2.24) is 14.5 Å². The van der Waals surface area contributed by atoms with Crippen LogP contribution in [0.15, 0.2) is 67.4 Å². The Labute approximate surface area is 167 Å². The van der Waals surface area contributed by atoms with Gasteiger partial charge in [-0.05, 0) is 53.6 Å². The minimum absolute atomic E-state index is 0.153. The second-order valence-corrected chi connectivity index (χ2v) is 6.58. The molecule has 0 unspecified atom stereocenters. The Bertz CT molecular complexity index is 1150. The van der Waals surface area contributed by atoms with Gasteiger partial charge < -0.3 is 14.6 Å². The number of aromatic nitrogens is 2. The van der Waals surface area contributed by atoms with Crippen LogP contribution in [0, 0.1) is 11.8 Å². The lowest BCUT2D eigenvalue weighted by Gasteiger charge is -2.24. The van der Waals surface area contributed by atoms with E-state index in [-0.39, 0.29) is 11.5 Å². The molecule has 0 atom stereocenters. The van der Waals surface area contributed by atoms with Crippen molar-refractivity contribution in [3.63, 3.8) is 0 Å². The number of carboxylic acid groups (broad SMARTS) is 1. The van der Waals surface area contributed by atoms with E-state index in [0.29, 0.717) is 18.7 Å². The largest absolute Gasteiger partial charge is 0.478 e. The number of imidazole rings is 1. The standard InChI is InChI=1S/C23H17N3O3/c27-22(19-5-7-20(8-6-19)23(28)29)26-12-9-18-4-3-17(14-21(18)15-26)2-1-11-25-13-10-24-16-25/h3-10,12-14,16H,11,15H2,(H,28,29). The fraction of sp³-hybridized carbons (Fsp3) is 0.0870. The number of fused-ring (bicyclic) bond motifs is 1. The predicted molar refractivity (Wildman–Crippen MR) is 108 cm³/mol. The molecule has 0 saturated heterocycles. The molecule has 1 amide bonds. The molecule has 29 heavy (non-hydrogen) atoms. The highest BCUT2D eigenvalue weighted by molar-refractivity contribution is 5.97. The fourth-order valence-electron chi connectivity index (χ4n) is 3.06. The molecule has 1 aliphatic rings. The maximum atomic E-state index is 12.8. The molecule has 0 spiro atoms. The number of amides is 1. The van der Waals surface area contributed by atoms with Gasteiger partial charge in [-0.15, -0.1) is 0 Å². The van der Waals surface area contributed by atoms with Crippen LogP contribution in [0.4, 0.5) is 0 Å². The Kier molecular flexibility index (Phi) is 4.95. The molecule has 6 nitrogen and oxygen atoms in total. The van der Waals surface area contributed by atoms with E-state index in [4.69, 9.17) is 5.11 Å². The molecule has 3 aromatic rings. The summed E-state index contributed by atoms with van der Waals surface area (Å²) >= 11 is 0. The van der Waals surface area contributed by atoms with Gasteiger partial charge in [0.05, 0.1) is 25.0 Å². The van der Waals surface area contributed by atoms with Crippen molar-refractivity contribution in [2.24, 2.45) is 0 Å². The van der Waals surface area contributed by atoms with Gasteiger partial charge in [0.15, 0.2) is 0 Å². The van der Waals surface area contributed by atoms with Crippen LogP contribution in [-0.4, -0.2) is 31.4 Å². The van der Waals surface area contributed by atoms with Gasteiger partial charge in [-0.1, -0.05) is 17.9 Å². The summed E-state index contributed by atoms with van der Waals surface area (Å²) in [5, 5.41) is 8.99. The molecule has 1 N–H and O–H groups in total. The number of carboxylic acids is 1. The molecule has 1 aliphatic heterocycles. The van der Waals surface area contributed by atoms with E-state index < -0.39 is 5.97 Å². The first-order chi connectivity index (χ1) is 14.1. The summed E-state index contributed by atoms with van der Waals surface area (Å²) in [4.78, 5) is 29.3. The SMILES string of the molecule is O=C(O)c1ccc(C(=O)N2C=Cc3ccc(C#CCn4ccnc4)cc3C2)cc1. The van der Waals surface area contributed by atoms with Crippen molar-refractivity contribution in [2.75, 3.05) is 0 Å². The van der Waals surface area contributed by atoms with Crippen LogP contribution >= 0.6 is 0 Å². The third kappa shape index (κ3) is 4.09. The maximum Gasteiger partial charge on any atom is 0.335 e. The number of benzene rings is 2. The van der Waals surface area contributed by atoms with Crippen LogP contribution in [0.2, 0.25) is 0 Å². The maximum absolute atomic E-state index is 12.8. The molecule has 0 radical (unpaired) electrons. The van der Waals surface area contributed by atoms with Crippen molar-refractivity contribution >= 4 is 18.0 Å². The Hall–Kier alpha value is -4.11. The van der Waals surface area contributed by atoms with E-state index in [2.05, 4.69) is 16.8 Å².